The number of nitrogens with zero attached hydrogens (tertiary/aromatic N) is 1. The summed E-state index contributed by atoms with van der Waals surface area (Å²) in [5, 5.41) is 10.8. The minimum atomic E-state index is -1.09. The fourth-order valence-electron chi connectivity index (χ4n) is 3.11. The maximum Gasteiger partial charge on any atom is 0.127 e. The summed E-state index contributed by atoms with van der Waals surface area (Å²) in [6.07, 6.45) is 1.27. The molecule has 3 rings (SSSR count). The molecule has 25 heavy (non-hydrogen) atoms. The monoisotopic (exact) mass is 351 g/mol. The normalized spacial score (nSPS) is 21.3. The third-order valence-corrected chi connectivity index (χ3v) is 4.36. The number of likely N-dealkylation sites (tertiary alicyclic amines) is 1. The Labute approximate surface area is 144 Å². The number of halogens is 3. The van der Waals surface area contributed by atoms with E-state index in [1.807, 2.05) is 4.90 Å². The SMILES string of the molecule is OC1(COc2ccc(F)cc2)CCCN(Cc2cc(F)ccc2F)C1. The van der Waals surface area contributed by atoms with E-state index in [2.05, 4.69) is 0 Å². The smallest absolute Gasteiger partial charge is 0.127 e. The summed E-state index contributed by atoms with van der Waals surface area (Å²) in [5.74, 6) is -0.823. The number of benzene rings is 2. The molecule has 1 fully saturated rings. The zero-order valence-corrected chi connectivity index (χ0v) is 13.7. The second-order valence-electron chi connectivity index (χ2n) is 6.52. The molecule has 2 aromatic rings. The van der Waals surface area contributed by atoms with Crippen LogP contribution in [0.1, 0.15) is 18.4 Å². The van der Waals surface area contributed by atoms with Crippen molar-refractivity contribution in [2.45, 2.75) is 25.0 Å². The lowest BCUT2D eigenvalue weighted by atomic mass is 9.93. The zero-order valence-electron chi connectivity index (χ0n) is 13.7. The van der Waals surface area contributed by atoms with Crippen LogP contribution in [0.2, 0.25) is 0 Å². The van der Waals surface area contributed by atoms with Gasteiger partial charge in [-0.15, -0.1) is 0 Å². The van der Waals surface area contributed by atoms with E-state index in [-0.39, 0.29) is 24.5 Å². The number of hydrogen-bond acceptors (Lipinski definition) is 3. The molecule has 1 saturated heterocycles. The first-order valence-corrected chi connectivity index (χ1v) is 8.21. The van der Waals surface area contributed by atoms with Crippen molar-refractivity contribution in [1.82, 2.24) is 4.90 Å². The van der Waals surface area contributed by atoms with Gasteiger partial charge in [0.25, 0.3) is 0 Å². The summed E-state index contributed by atoms with van der Waals surface area (Å²) in [7, 11) is 0. The van der Waals surface area contributed by atoms with Crippen LogP contribution in [-0.2, 0) is 6.54 Å². The maximum atomic E-state index is 13.8. The van der Waals surface area contributed by atoms with Gasteiger partial charge in [-0.05, 0) is 61.9 Å². The molecule has 0 aliphatic carbocycles. The average Bonchev–Trinajstić information content (AvgIpc) is 2.58. The van der Waals surface area contributed by atoms with E-state index in [1.54, 1.807) is 0 Å². The summed E-state index contributed by atoms with van der Waals surface area (Å²) in [6, 6.07) is 8.96. The van der Waals surface area contributed by atoms with Gasteiger partial charge < -0.3 is 9.84 Å². The molecule has 1 unspecified atom stereocenters. The first kappa shape index (κ1) is 17.8. The van der Waals surface area contributed by atoms with Crippen LogP contribution in [0.25, 0.3) is 0 Å². The highest BCUT2D eigenvalue weighted by Gasteiger charge is 2.34. The quantitative estimate of drug-likeness (QED) is 0.895. The number of rotatable bonds is 5. The van der Waals surface area contributed by atoms with Gasteiger partial charge in [0, 0.05) is 18.7 Å². The number of ether oxygens (including phenoxy) is 1. The molecule has 0 aromatic heterocycles. The van der Waals surface area contributed by atoms with Gasteiger partial charge in [-0.25, -0.2) is 13.2 Å². The van der Waals surface area contributed by atoms with E-state index in [0.29, 0.717) is 25.3 Å². The van der Waals surface area contributed by atoms with Crippen molar-refractivity contribution < 1.29 is 23.0 Å². The zero-order chi connectivity index (χ0) is 17.9. The minimum absolute atomic E-state index is 0.0563. The third-order valence-electron chi connectivity index (χ3n) is 4.36. The standard InChI is InChI=1S/C19H20F3NO2/c20-15-2-5-17(6-3-15)25-13-19(24)8-1-9-23(12-19)11-14-10-16(21)4-7-18(14)22/h2-7,10,24H,1,8-9,11-13H2. The van der Waals surface area contributed by atoms with Gasteiger partial charge in [0.05, 0.1) is 0 Å². The molecule has 1 N–H and O–H groups in total. The van der Waals surface area contributed by atoms with Crippen LogP contribution in [0, 0.1) is 17.5 Å². The second-order valence-corrected chi connectivity index (χ2v) is 6.52. The molecule has 3 nitrogen and oxygen atoms in total. The predicted octanol–water partition coefficient (Wildman–Crippen LogP) is 3.51. The fourth-order valence-corrected chi connectivity index (χ4v) is 3.11. The summed E-state index contributed by atoms with van der Waals surface area (Å²) in [6.45, 7) is 1.27. The maximum absolute atomic E-state index is 13.8. The number of hydrogen-bond donors (Lipinski definition) is 1. The third kappa shape index (κ3) is 4.74. The molecule has 0 radical (unpaired) electrons. The Hall–Kier alpha value is -2.05. The molecule has 1 heterocycles. The Bertz CT molecular complexity index is 723. The van der Waals surface area contributed by atoms with Crippen molar-refractivity contribution in [3.8, 4) is 5.75 Å². The van der Waals surface area contributed by atoms with Crippen molar-refractivity contribution >= 4 is 0 Å². The first-order valence-electron chi connectivity index (χ1n) is 8.21. The minimum Gasteiger partial charge on any atom is -0.491 e. The van der Waals surface area contributed by atoms with E-state index in [1.165, 1.54) is 30.3 Å². The van der Waals surface area contributed by atoms with Crippen molar-refractivity contribution in [2.75, 3.05) is 19.7 Å². The van der Waals surface area contributed by atoms with E-state index >= 15 is 0 Å². The van der Waals surface area contributed by atoms with E-state index in [4.69, 9.17) is 4.74 Å². The van der Waals surface area contributed by atoms with Crippen LogP contribution < -0.4 is 4.74 Å². The number of aliphatic hydroxyl groups is 1. The Morgan fingerprint density at radius 1 is 1.04 bits per heavy atom. The van der Waals surface area contributed by atoms with Gasteiger partial charge in [-0.1, -0.05) is 0 Å². The lowest BCUT2D eigenvalue weighted by molar-refractivity contribution is -0.0623. The van der Waals surface area contributed by atoms with E-state index in [0.717, 1.165) is 18.6 Å². The van der Waals surface area contributed by atoms with Crippen LogP contribution in [-0.4, -0.2) is 35.3 Å². The molecular formula is C19H20F3NO2. The summed E-state index contributed by atoms with van der Waals surface area (Å²) in [5.41, 5.74) is -0.820. The number of piperidine rings is 1. The van der Waals surface area contributed by atoms with E-state index in [9.17, 15) is 18.3 Å². The molecular weight excluding hydrogens is 331 g/mol. The number of β-amino-alcohol motifs (C(OH)–C–C–N with tert-alkyl or cyclic N) is 1. The summed E-state index contributed by atoms with van der Waals surface area (Å²) < 4.78 is 45.6. The molecule has 1 atom stereocenters. The summed E-state index contributed by atoms with van der Waals surface area (Å²) in [4.78, 5) is 1.88. The van der Waals surface area contributed by atoms with Gasteiger partial charge in [-0.2, -0.15) is 0 Å². The fraction of sp³-hybridized carbons (Fsp3) is 0.368. The predicted molar refractivity (Wildman–Crippen MR) is 87.7 cm³/mol. The van der Waals surface area contributed by atoms with Gasteiger partial charge in [0.15, 0.2) is 0 Å². The molecule has 134 valence electrons. The van der Waals surface area contributed by atoms with Crippen LogP contribution in [0.5, 0.6) is 5.75 Å². The summed E-state index contributed by atoms with van der Waals surface area (Å²) >= 11 is 0. The molecule has 2 aromatic carbocycles. The molecule has 1 aliphatic rings. The average molecular weight is 351 g/mol. The van der Waals surface area contributed by atoms with Crippen molar-refractivity contribution in [3.05, 3.63) is 65.5 Å². The van der Waals surface area contributed by atoms with Gasteiger partial charge in [0.2, 0.25) is 0 Å². The Morgan fingerprint density at radius 2 is 1.76 bits per heavy atom. The van der Waals surface area contributed by atoms with Crippen LogP contribution in [0.15, 0.2) is 42.5 Å². The van der Waals surface area contributed by atoms with Crippen molar-refractivity contribution in [3.63, 3.8) is 0 Å². The molecule has 0 spiro atoms. The van der Waals surface area contributed by atoms with Gasteiger partial charge in [0.1, 0.15) is 35.4 Å². The van der Waals surface area contributed by atoms with Crippen molar-refractivity contribution in [1.29, 1.82) is 0 Å². The second kappa shape index (κ2) is 7.45. The lowest BCUT2D eigenvalue weighted by Gasteiger charge is -2.39. The molecule has 0 amide bonds. The van der Waals surface area contributed by atoms with Gasteiger partial charge >= 0.3 is 0 Å². The lowest BCUT2D eigenvalue weighted by Crippen LogP contribution is -2.51. The Kier molecular flexibility index (Phi) is 5.30. The highest BCUT2D eigenvalue weighted by atomic mass is 19.1. The highest BCUT2D eigenvalue weighted by Crippen LogP contribution is 2.25. The van der Waals surface area contributed by atoms with Gasteiger partial charge in [-0.3, -0.25) is 4.90 Å². The molecule has 6 heteroatoms. The largest absolute Gasteiger partial charge is 0.491 e. The van der Waals surface area contributed by atoms with Crippen LogP contribution >= 0.6 is 0 Å². The molecule has 1 aliphatic heterocycles. The van der Waals surface area contributed by atoms with E-state index < -0.39 is 17.2 Å². The van der Waals surface area contributed by atoms with Crippen LogP contribution in [0.4, 0.5) is 13.2 Å². The molecule has 0 saturated carbocycles. The highest BCUT2D eigenvalue weighted by molar-refractivity contribution is 5.22. The molecule has 0 bridgehead atoms. The Balaban J connectivity index is 1.61. The van der Waals surface area contributed by atoms with Crippen LogP contribution in [0.3, 0.4) is 0 Å². The first-order chi connectivity index (χ1) is 11.9. The van der Waals surface area contributed by atoms with Crippen molar-refractivity contribution in [2.24, 2.45) is 0 Å². The topological polar surface area (TPSA) is 32.7 Å². The Morgan fingerprint density at radius 3 is 2.52 bits per heavy atom.